The molecule has 0 spiro atoms. The maximum Gasteiger partial charge on any atom is 0.0126 e. The van der Waals surface area contributed by atoms with Crippen LogP contribution in [0.3, 0.4) is 0 Å². The van der Waals surface area contributed by atoms with Crippen molar-refractivity contribution in [2.24, 2.45) is 0 Å². The average molecular weight is 223 g/mol. The zero-order chi connectivity index (χ0) is 11.0. The molecule has 0 aromatic heterocycles. The van der Waals surface area contributed by atoms with Crippen molar-refractivity contribution in [1.29, 1.82) is 0 Å². The number of piperazine rings is 1. The van der Waals surface area contributed by atoms with Gasteiger partial charge in [-0.05, 0) is 32.7 Å². The van der Waals surface area contributed by atoms with Crippen LogP contribution >= 0.6 is 0 Å². The third kappa shape index (κ3) is 2.01. The van der Waals surface area contributed by atoms with Crippen LogP contribution in [0.5, 0.6) is 0 Å². The molecule has 3 aliphatic rings. The molecule has 3 nitrogen and oxygen atoms in total. The highest BCUT2D eigenvalue weighted by molar-refractivity contribution is 4.95. The third-order valence-corrected chi connectivity index (χ3v) is 4.98. The fourth-order valence-corrected chi connectivity index (χ4v) is 3.93. The minimum absolute atomic E-state index is 0.882. The average Bonchev–Trinajstić information content (AvgIpc) is 2.30. The van der Waals surface area contributed by atoms with E-state index < -0.39 is 0 Å². The van der Waals surface area contributed by atoms with E-state index in [-0.39, 0.29) is 0 Å². The van der Waals surface area contributed by atoms with Crippen molar-refractivity contribution in [2.45, 2.75) is 50.2 Å². The molecule has 2 atom stereocenters. The van der Waals surface area contributed by atoms with E-state index >= 15 is 0 Å². The molecule has 3 heterocycles. The largest absolute Gasteiger partial charge is 0.314 e. The quantitative estimate of drug-likeness (QED) is 0.713. The van der Waals surface area contributed by atoms with E-state index in [0.717, 1.165) is 18.1 Å². The van der Waals surface area contributed by atoms with Gasteiger partial charge in [0.1, 0.15) is 0 Å². The van der Waals surface area contributed by atoms with Gasteiger partial charge in [0.25, 0.3) is 0 Å². The summed E-state index contributed by atoms with van der Waals surface area (Å²) in [5, 5.41) is 3.46. The summed E-state index contributed by atoms with van der Waals surface area (Å²) in [6, 6.07) is 2.65. The second kappa shape index (κ2) is 4.63. The van der Waals surface area contributed by atoms with Gasteiger partial charge < -0.3 is 10.2 Å². The number of rotatable bonds is 1. The Hall–Kier alpha value is -0.120. The van der Waals surface area contributed by atoms with Gasteiger partial charge in [0.15, 0.2) is 0 Å². The SMILES string of the molecule is CN1C2CCCC1CC(N1CCNCC1)C2. The Balaban J connectivity index is 1.64. The Bertz CT molecular complexity index is 223. The van der Waals surface area contributed by atoms with Crippen LogP contribution in [-0.4, -0.2) is 61.2 Å². The van der Waals surface area contributed by atoms with Gasteiger partial charge in [-0.25, -0.2) is 0 Å². The molecule has 3 aliphatic heterocycles. The van der Waals surface area contributed by atoms with Gasteiger partial charge in [0, 0.05) is 44.3 Å². The molecule has 0 aromatic carbocycles. The van der Waals surface area contributed by atoms with E-state index in [1.165, 1.54) is 58.3 Å². The lowest BCUT2D eigenvalue weighted by Gasteiger charge is -2.50. The van der Waals surface area contributed by atoms with E-state index in [0.29, 0.717) is 0 Å². The number of nitrogens with one attached hydrogen (secondary N) is 1. The number of hydrogen-bond donors (Lipinski definition) is 1. The minimum Gasteiger partial charge on any atom is -0.314 e. The van der Waals surface area contributed by atoms with Crippen LogP contribution in [0.25, 0.3) is 0 Å². The van der Waals surface area contributed by atoms with Gasteiger partial charge in [-0.15, -0.1) is 0 Å². The molecule has 3 rings (SSSR count). The molecular formula is C13H25N3. The lowest BCUT2D eigenvalue weighted by molar-refractivity contribution is 0.00560. The Morgan fingerprint density at radius 3 is 2.19 bits per heavy atom. The van der Waals surface area contributed by atoms with Crippen LogP contribution in [0.4, 0.5) is 0 Å². The summed E-state index contributed by atoms with van der Waals surface area (Å²) in [7, 11) is 2.35. The molecule has 1 N–H and O–H groups in total. The van der Waals surface area contributed by atoms with Gasteiger partial charge in [-0.1, -0.05) is 6.42 Å². The summed E-state index contributed by atoms with van der Waals surface area (Å²) in [6.07, 6.45) is 7.19. The molecule has 16 heavy (non-hydrogen) atoms. The predicted molar refractivity (Wildman–Crippen MR) is 66.7 cm³/mol. The summed E-state index contributed by atoms with van der Waals surface area (Å²) < 4.78 is 0. The zero-order valence-electron chi connectivity index (χ0n) is 10.5. The normalized spacial score (nSPS) is 42.2. The van der Waals surface area contributed by atoms with E-state index in [1.807, 2.05) is 0 Å². The summed E-state index contributed by atoms with van der Waals surface area (Å²) >= 11 is 0. The van der Waals surface area contributed by atoms with E-state index in [4.69, 9.17) is 0 Å². The second-order valence-electron chi connectivity index (χ2n) is 5.82. The summed E-state index contributed by atoms with van der Waals surface area (Å²) in [6.45, 7) is 4.94. The summed E-state index contributed by atoms with van der Waals surface area (Å²) in [4.78, 5) is 5.41. The Labute approximate surface area is 99.2 Å². The van der Waals surface area contributed by atoms with Crippen molar-refractivity contribution in [3.05, 3.63) is 0 Å². The van der Waals surface area contributed by atoms with Crippen molar-refractivity contribution in [1.82, 2.24) is 15.1 Å². The fourth-order valence-electron chi connectivity index (χ4n) is 3.93. The van der Waals surface area contributed by atoms with Gasteiger partial charge in [-0.2, -0.15) is 0 Å². The molecule has 0 saturated carbocycles. The standard InChI is InChI=1S/C13H25N3/c1-15-11-3-2-4-12(15)10-13(9-11)16-7-5-14-6-8-16/h11-14H,2-10H2,1H3. The number of hydrogen-bond acceptors (Lipinski definition) is 3. The highest BCUT2D eigenvalue weighted by atomic mass is 15.3. The van der Waals surface area contributed by atoms with Crippen LogP contribution in [0.1, 0.15) is 32.1 Å². The van der Waals surface area contributed by atoms with Crippen LogP contribution in [0.2, 0.25) is 0 Å². The van der Waals surface area contributed by atoms with Crippen LogP contribution in [0.15, 0.2) is 0 Å². The monoisotopic (exact) mass is 223 g/mol. The predicted octanol–water partition coefficient (Wildman–Crippen LogP) is 0.907. The molecular weight excluding hydrogens is 198 g/mol. The summed E-state index contributed by atoms with van der Waals surface area (Å²) in [5.74, 6) is 0. The van der Waals surface area contributed by atoms with Crippen molar-refractivity contribution in [2.75, 3.05) is 33.2 Å². The minimum atomic E-state index is 0.882. The van der Waals surface area contributed by atoms with Crippen LogP contribution in [0, 0.1) is 0 Å². The molecule has 3 saturated heterocycles. The molecule has 3 heteroatoms. The highest BCUT2D eigenvalue weighted by Gasteiger charge is 2.38. The Morgan fingerprint density at radius 1 is 0.938 bits per heavy atom. The first-order chi connectivity index (χ1) is 7.84. The van der Waals surface area contributed by atoms with Gasteiger partial charge in [0.05, 0.1) is 0 Å². The molecule has 0 amide bonds. The molecule has 92 valence electrons. The maximum absolute atomic E-state index is 3.46. The molecule has 2 bridgehead atoms. The number of piperidine rings is 2. The highest BCUT2D eigenvalue weighted by Crippen LogP contribution is 2.34. The summed E-state index contributed by atoms with van der Waals surface area (Å²) in [5.41, 5.74) is 0. The lowest BCUT2D eigenvalue weighted by Crippen LogP contribution is -2.58. The lowest BCUT2D eigenvalue weighted by atomic mass is 9.81. The molecule has 2 unspecified atom stereocenters. The fraction of sp³-hybridized carbons (Fsp3) is 1.00. The van der Waals surface area contributed by atoms with Gasteiger partial charge >= 0.3 is 0 Å². The van der Waals surface area contributed by atoms with Crippen molar-refractivity contribution >= 4 is 0 Å². The van der Waals surface area contributed by atoms with Gasteiger partial charge in [0.2, 0.25) is 0 Å². The first-order valence-electron chi connectivity index (χ1n) is 7.01. The molecule has 0 aliphatic carbocycles. The maximum atomic E-state index is 3.46. The van der Waals surface area contributed by atoms with Crippen molar-refractivity contribution < 1.29 is 0 Å². The topological polar surface area (TPSA) is 18.5 Å². The van der Waals surface area contributed by atoms with Crippen molar-refractivity contribution in [3.63, 3.8) is 0 Å². The first-order valence-corrected chi connectivity index (χ1v) is 7.01. The molecule has 0 radical (unpaired) electrons. The van der Waals surface area contributed by atoms with E-state index in [9.17, 15) is 0 Å². The Morgan fingerprint density at radius 2 is 1.56 bits per heavy atom. The molecule has 0 aromatic rings. The van der Waals surface area contributed by atoms with Crippen molar-refractivity contribution in [3.8, 4) is 0 Å². The molecule has 3 fully saturated rings. The van der Waals surface area contributed by atoms with E-state index in [2.05, 4.69) is 22.2 Å². The van der Waals surface area contributed by atoms with Crippen LogP contribution < -0.4 is 5.32 Å². The zero-order valence-corrected chi connectivity index (χ0v) is 10.5. The number of fused-ring (bicyclic) bond motifs is 2. The van der Waals surface area contributed by atoms with Gasteiger partial charge in [-0.3, -0.25) is 4.90 Å². The van der Waals surface area contributed by atoms with E-state index in [1.54, 1.807) is 0 Å². The first kappa shape index (κ1) is 11.0. The smallest absolute Gasteiger partial charge is 0.0126 e. The Kier molecular flexibility index (Phi) is 3.18. The van der Waals surface area contributed by atoms with Crippen LogP contribution in [-0.2, 0) is 0 Å². The second-order valence-corrected chi connectivity index (χ2v) is 5.82. The number of nitrogens with zero attached hydrogens (tertiary/aromatic N) is 2. The third-order valence-electron chi connectivity index (χ3n) is 4.98.